The summed E-state index contributed by atoms with van der Waals surface area (Å²) in [6, 6.07) is 16.1. The highest BCUT2D eigenvalue weighted by atomic mass is 32.1. The molecule has 4 rings (SSSR count). The predicted molar refractivity (Wildman–Crippen MR) is 147 cm³/mol. The molecule has 8 nitrogen and oxygen atoms in total. The minimum Gasteiger partial charge on any atom is -0.453 e. The summed E-state index contributed by atoms with van der Waals surface area (Å²) in [5.41, 5.74) is 6.72. The molecule has 196 valence electrons. The van der Waals surface area contributed by atoms with Crippen molar-refractivity contribution in [2.24, 2.45) is 0 Å². The standard InChI is InChI=1S/C28H35N5O3S/c1-4-32(5-2)27(34)23-11-9-22(10-12-23)26-18-31(13-14-33(26)17-25-19-37-20-29-25)16-21-7-6-8-24(15-21)30-28(35)36-3/h6-12,15,19-20,26H,4-5,13-14,16-18H2,1-3H3,(H,30,35). The van der Waals surface area contributed by atoms with Gasteiger partial charge in [0.25, 0.3) is 5.91 Å². The van der Waals surface area contributed by atoms with E-state index in [1.165, 1.54) is 12.7 Å². The lowest BCUT2D eigenvalue weighted by atomic mass is 9.99. The van der Waals surface area contributed by atoms with Crippen LogP contribution in [0.5, 0.6) is 0 Å². The summed E-state index contributed by atoms with van der Waals surface area (Å²) in [5, 5.41) is 4.85. The second-order valence-electron chi connectivity index (χ2n) is 9.12. The van der Waals surface area contributed by atoms with E-state index in [0.717, 1.165) is 55.2 Å². The number of hydrogen-bond acceptors (Lipinski definition) is 7. The average Bonchev–Trinajstić information content (AvgIpc) is 3.43. The maximum Gasteiger partial charge on any atom is 0.411 e. The first-order chi connectivity index (χ1) is 18.0. The number of carbonyl (C=O) groups excluding carboxylic acids is 2. The van der Waals surface area contributed by atoms with Crippen LogP contribution >= 0.6 is 11.3 Å². The summed E-state index contributed by atoms with van der Waals surface area (Å²) in [6.07, 6.45) is -0.476. The lowest BCUT2D eigenvalue weighted by Crippen LogP contribution is -2.47. The molecule has 0 aliphatic carbocycles. The molecule has 1 atom stereocenters. The summed E-state index contributed by atoms with van der Waals surface area (Å²) in [6.45, 7) is 9.65. The number of ether oxygens (including phenoxy) is 1. The van der Waals surface area contributed by atoms with E-state index in [9.17, 15) is 9.59 Å². The lowest BCUT2D eigenvalue weighted by Gasteiger charge is -2.41. The number of hydrogen-bond donors (Lipinski definition) is 1. The number of carbonyl (C=O) groups is 2. The number of aromatic nitrogens is 1. The highest BCUT2D eigenvalue weighted by Gasteiger charge is 2.29. The SMILES string of the molecule is CCN(CC)C(=O)c1ccc(C2CN(Cc3cccc(NC(=O)OC)c3)CCN2Cc2cscn2)cc1. The monoisotopic (exact) mass is 521 g/mol. The van der Waals surface area contributed by atoms with Crippen molar-refractivity contribution in [2.45, 2.75) is 33.0 Å². The van der Waals surface area contributed by atoms with Gasteiger partial charge >= 0.3 is 6.09 Å². The van der Waals surface area contributed by atoms with Gasteiger partial charge in [-0.1, -0.05) is 24.3 Å². The van der Waals surface area contributed by atoms with E-state index < -0.39 is 6.09 Å². The molecule has 2 amide bonds. The topological polar surface area (TPSA) is 78.0 Å². The maximum atomic E-state index is 12.8. The molecule has 2 heterocycles. The van der Waals surface area contributed by atoms with Crippen LogP contribution in [-0.2, 0) is 17.8 Å². The average molecular weight is 522 g/mol. The van der Waals surface area contributed by atoms with Crippen LogP contribution in [0.15, 0.2) is 59.4 Å². The minimum atomic E-state index is -0.476. The molecule has 1 saturated heterocycles. The normalized spacial score (nSPS) is 16.4. The van der Waals surface area contributed by atoms with E-state index in [-0.39, 0.29) is 11.9 Å². The van der Waals surface area contributed by atoms with Crippen molar-refractivity contribution < 1.29 is 14.3 Å². The third-order valence-electron chi connectivity index (χ3n) is 6.78. The second-order valence-corrected chi connectivity index (χ2v) is 9.84. The molecule has 0 spiro atoms. The molecular weight excluding hydrogens is 486 g/mol. The van der Waals surface area contributed by atoms with E-state index in [1.54, 1.807) is 11.3 Å². The largest absolute Gasteiger partial charge is 0.453 e. The van der Waals surface area contributed by atoms with E-state index >= 15 is 0 Å². The Bertz CT molecular complexity index is 1160. The zero-order valence-corrected chi connectivity index (χ0v) is 22.5. The number of rotatable bonds is 9. The van der Waals surface area contributed by atoms with Gasteiger partial charge < -0.3 is 9.64 Å². The van der Waals surface area contributed by atoms with Crippen LogP contribution < -0.4 is 5.32 Å². The van der Waals surface area contributed by atoms with Gasteiger partial charge in [-0.2, -0.15) is 0 Å². The summed E-state index contributed by atoms with van der Waals surface area (Å²) < 4.78 is 4.72. The van der Waals surface area contributed by atoms with Crippen LogP contribution in [0.3, 0.4) is 0 Å². The Balaban J connectivity index is 1.51. The molecule has 1 fully saturated rings. The minimum absolute atomic E-state index is 0.0709. The van der Waals surface area contributed by atoms with Crippen LogP contribution in [0.2, 0.25) is 0 Å². The van der Waals surface area contributed by atoms with Crippen molar-refractivity contribution >= 4 is 29.0 Å². The lowest BCUT2D eigenvalue weighted by molar-refractivity contribution is 0.0627. The quantitative estimate of drug-likeness (QED) is 0.433. The zero-order chi connectivity index (χ0) is 26.2. The van der Waals surface area contributed by atoms with Crippen molar-refractivity contribution in [2.75, 3.05) is 45.2 Å². The Labute approximate surface area is 222 Å². The van der Waals surface area contributed by atoms with Crippen LogP contribution in [0.1, 0.15) is 47.1 Å². The van der Waals surface area contributed by atoms with E-state index in [0.29, 0.717) is 13.1 Å². The van der Waals surface area contributed by atoms with Crippen molar-refractivity contribution in [1.29, 1.82) is 0 Å². The second kappa shape index (κ2) is 12.8. The third kappa shape index (κ3) is 6.94. The molecule has 1 unspecified atom stereocenters. The maximum absolute atomic E-state index is 12.8. The van der Waals surface area contributed by atoms with Gasteiger partial charge in [0, 0.05) is 68.5 Å². The Morgan fingerprint density at radius 2 is 1.89 bits per heavy atom. The highest BCUT2D eigenvalue weighted by molar-refractivity contribution is 7.07. The smallest absolute Gasteiger partial charge is 0.411 e. The molecule has 0 saturated carbocycles. The van der Waals surface area contributed by atoms with E-state index in [2.05, 4.69) is 43.7 Å². The number of thiazole rings is 1. The number of amides is 2. The molecule has 3 aromatic rings. The fourth-order valence-corrected chi connectivity index (χ4v) is 5.32. The molecule has 1 aromatic heterocycles. The van der Waals surface area contributed by atoms with Crippen molar-refractivity contribution in [3.05, 3.63) is 81.8 Å². The van der Waals surface area contributed by atoms with E-state index in [4.69, 9.17) is 4.74 Å². The molecule has 0 bridgehead atoms. The summed E-state index contributed by atoms with van der Waals surface area (Å²) >= 11 is 1.62. The molecule has 1 aliphatic rings. The van der Waals surface area contributed by atoms with E-state index in [1.807, 2.05) is 54.6 Å². The first-order valence-corrected chi connectivity index (χ1v) is 13.6. The first kappa shape index (κ1) is 26.8. The highest BCUT2D eigenvalue weighted by Crippen LogP contribution is 2.29. The number of piperazine rings is 1. The molecule has 1 N–H and O–H groups in total. The summed E-state index contributed by atoms with van der Waals surface area (Å²) in [7, 11) is 1.36. The number of nitrogens with one attached hydrogen (secondary N) is 1. The number of nitrogens with zero attached hydrogens (tertiary/aromatic N) is 4. The van der Waals surface area contributed by atoms with Crippen LogP contribution in [0.4, 0.5) is 10.5 Å². The molecule has 2 aromatic carbocycles. The number of anilines is 1. The Kier molecular flexibility index (Phi) is 9.27. The van der Waals surface area contributed by atoms with Crippen molar-refractivity contribution in [1.82, 2.24) is 19.7 Å². The number of benzene rings is 2. The molecular formula is C28H35N5O3S. The first-order valence-electron chi connectivity index (χ1n) is 12.7. The van der Waals surface area contributed by atoms with Gasteiger partial charge in [0.05, 0.1) is 18.3 Å². The van der Waals surface area contributed by atoms with Crippen molar-refractivity contribution in [3.63, 3.8) is 0 Å². The van der Waals surface area contributed by atoms with Crippen LogP contribution in [-0.4, -0.2) is 71.5 Å². The predicted octanol–water partition coefficient (Wildman–Crippen LogP) is 4.86. The van der Waals surface area contributed by atoms with Gasteiger partial charge in [-0.3, -0.25) is 19.9 Å². The molecule has 37 heavy (non-hydrogen) atoms. The zero-order valence-electron chi connectivity index (χ0n) is 21.7. The summed E-state index contributed by atoms with van der Waals surface area (Å²) in [5.74, 6) is 0.0709. The van der Waals surface area contributed by atoms with Gasteiger partial charge in [-0.05, 0) is 49.2 Å². The molecule has 1 aliphatic heterocycles. The third-order valence-corrected chi connectivity index (χ3v) is 7.42. The van der Waals surface area contributed by atoms with Crippen LogP contribution in [0.25, 0.3) is 0 Å². The number of methoxy groups -OCH3 is 1. The van der Waals surface area contributed by atoms with Crippen molar-refractivity contribution in [3.8, 4) is 0 Å². The van der Waals surface area contributed by atoms with Gasteiger partial charge in [-0.25, -0.2) is 9.78 Å². The van der Waals surface area contributed by atoms with Gasteiger partial charge in [0.1, 0.15) is 0 Å². The molecule has 0 radical (unpaired) electrons. The Hall–Kier alpha value is -3.27. The Morgan fingerprint density at radius 1 is 1.11 bits per heavy atom. The summed E-state index contributed by atoms with van der Waals surface area (Å²) in [4.78, 5) is 35.7. The fraction of sp³-hybridized carbons (Fsp3) is 0.393. The fourth-order valence-electron chi connectivity index (χ4n) is 4.77. The van der Waals surface area contributed by atoms with Gasteiger partial charge in [0.15, 0.2) is 0 Å². The van der Waals surface area contributed by atoms with Gasteiger partial charge in [-0.15, -0.1) is 11.3 Å². The Morgan fingerprint density at radius 3 is 2.57 bits per heavy atom. The van der Waals surface area contributed by atoms with Gasteiger partial charge in [0.2, 0.25) is 0 Å². The molecule has 9 heteroatoms. The van der Waals surface area contributed by atoms with Crippen LogP contribution in [0, 0.1) is 0 Å².